The lowest BCUT2D eigenvalue weighted by molar-refractivity contribution is 0.868. The van der Waals surface area contributed by atoms with Gasteiger partial charge in [-0.3, -0.25) is 4.98 Å². The van der Waals surface area contributed by atoms with Crippen molar-refractivity contribution in [1.82, 2.24) is 9.97 Å². The highest BCUT2D eigenvalue weighted by Crippen LogP contribution is 2.27. The molecule has 1 unspecified atom stereocenters. The van der Waals surface area contributed by atoms with E-state index in [4.69, 9.17) is 5.73 Å². The summed E-state index contributed by atoms with van der Waals surface area (Å²) in [7, 11) is 0. The number of rotatable bonds is 2. The molecule has 0 amide bonds. The van der Waals surface area contributed by atoms with Gasteiger partial charge in [0.1, 0.15) is 5.01 Å². The molecule has 0 saturated heterocycles. The zero-order valence-corrected chi connectivity index (χ0v) is 9.65. The molecule has 2 rings (SSSR count). The molecule has 2 aromatic heterocycles. The van der Waals surface area contributed by atoms with E-state index in [1.54, 1.807) is 34.4 Å². The molecule has 1 atom stereocenters. The van der Waals surface area contributed by atoms with E-state index in [0.29, 0.717) is 0 Å². The summed E-state index contributed by atoms with van der Waals surface area (Å²) in [5.41, 5.74) is 8.93. The monoisotopic (exact) mass is 225 g/mol. The molecule has 0 aliphatic heterocycles. The van der Waals surface area contributed by atoms with E-state index in [1.165, 1.54) is 4.88 Å². The van der Waals surface area contributed by atoms with Crippen LogP contribution in [0.3, 0.4) is 0 Å². The Kier molecular flexibility index (Phi) is 2.62. The first-order chi connectivity index (χ1) is 6.68. The number of thiazole rings is 2. The van der Waals surface area contributed by atoms with Crippen LogP contribution in [0.4, 0.5) is 0 Å². The molecule has 0 saturated carbocycles. The van der Waals surface area contributed by atoms with Crippen molar-refractivity contribution < 1.29 is 0 Å². The average Bonchev–Trinajstić information content (AvgIpc) is 2.76. The van der Waals surface area contributed by atoms with Gasteiger partial charge in [-0.2, -0.15) is 0 Å². The molecular weight excluding hydrogens is 214 g/mol. The standard InChI is InChI=1S/C9H11N3S2/c1-5-6(2)14-9(12-5)8(10)7-3-11-4-13-7/h3-4,8H,10H2,1-2H3. The predicted octanol–water partition coefficient (Wildman–Crippen LogP) is 2.26. The van der Waals surface area contributed by atoms with Crippen molar-refractivity contribution in [3.63, 3.8) is 0 Å². The lowest BCUT2D eigenvalue weighted by Crippen LogP contribution is -2.09. The van der Waals surface area contributed by atoms with E-state index in [1.807, 2.05) is 6.92 Å². The van der Waals surface area contributed by atoms with Gasteiger partial charge in [0.05, 0.1) is 17.2 Å². The summed E-state index contributed by atoms with van der Waals surface area (Å²) >= 11 is 3.24. The fourth-order valence-electron chi connectivity index (χ4n) is 1.13. The second kappa shape index (κ2) is 3.76. The summed E-state index contributed by atoms with van der Waals surface area (Å²) in [5, 5.41) is 0.976. The number of hydrogen-bond acceptors (Lipinski definition) is 5. The fraction of sp³-hybridized carbons (Fsp3) is 0.333. The topological polar surface area (TPSA) is 51.8 Å². The van der Waals surface area contributed by atoms with Crippen molar-refractivity contribution in [2.75, 3.05) is 0 Å². The fourth-order valence-corrected chi connectivity index (χ4v) is 2.77. The first-order valence-corrected chi connectivity index (χ1v) is 5.96. The van der Waals surface area contributed by atoms with Gasteiger partial charge in [-0.25, -0.2) is 4.98 Å². The van der Waals surface area contributed by atoms with Gasteiger partial charge < -0.3 is 5.73 Å². The van der Waals surface area contributed by atoms with Gasteiger partial charge in [0, 0.05) is 16.0 Å². The predicted molar refractivity (Wildman–Crippen MR) is 59.7 cm³/mol. The molecule has 0 spiro atoms. The third-order valence-corrected chi connectivity index (χ3v) is 4.08. The maximum absolute atomic E-state index is 6.06. The van der Waals surface area contributed by atoms with Crippen LogP contribution < -0.4 is 5.73 Å². The van der Waals surface area contributed by atoms with Gasteiger partial charge in [0.15, 0.2) is 0 Å². The number of aryl methyl sites for hydroxylation is 2. The Morgan fingerprint density at radius 3 is 2.71 bits per heavy atom. The number of nitrogens with two attached hydrogens (primary N) is 1. The Hall–Kier alpha value is -0.780. The van der Waals surface area contributed by atoms with E-state index < -0.39 is 0 Å². The summed E-state index contributed by atoms with van der Waals surface area (Å²) in [6, 6.07) is -0.111. The number of aromatic nitrogens is 2. The van der Waals surface area contributed by atoms with Crippen LogP contribution in [0.15, 0.2) is 11.7 Å². The molecule has 2 heterocycles. The maximum atomic E-state index is 6.06. The molecule has 5 heteroatoms. The smallest absolute Gasteiger partial charge is 0.115 e. The lowest BCUT2D eigenvalue weighted by Gasteiger charge is -2.03. The minimum atomic E-state index is -0.111. The van der Waals surface area contributed by atoms with Crippen molar-refractivity contribution in [2.45, 2.75) is 19.9 Å². The average molecular weight is 225 g/mol. The summed E-state index contributed by atoms with van der Waals surface area (Å²) in [4.78, 5) is 10.8. The highest BCUT2D eigenvalue weighted by molar-refractivity contribution is 7.12. The summed E-state index contributed by atoms with van der Waals surface area (Å²) < 4.78 is 0. The number of hydrogen-bond donors (Lipinski definition) is 1. The highest BCUT2D eigenvalue weighted by Gasteiger charge is 2.15. The first-order valence-electron chi connectivity index (χ1n) is 4.26. The summed E-state index contributed by atoms with van der Waals surface area (Å²) in [6.45, 7) is 4.07. The lowest BCUT2D eigenvalue weighted by atomic mass is 10.3. The quantitative estimate of drug-likeness (QED) is 0.853. The van der Waals surface area contributed by atoms with Crippen molar-refractivity contribution >= 4 is 22.7 Å². The summed E-state index contributed by atoms with van der Waals surface area (Å²) in [5.74, 6) is 0. The zero-order valence-electron chi connectivity index (χ0n) is 8.02. The molecule has 0 radical (unpaired) electrons. The Balaban J connectivity index is 2.32. The van der Waals surface area contributed by atoms with Gasteiger partial charge in [-0.05, 0) is 13.8 Å². The second-order valence-electron chi connectivity index (χ2n) is 3.08. The van der Waals surface area contributed by atoms with Crippen LogP contribution in [0.1, 0.15) is 26.5 Å². The molecule has 0 fully saturated rings. The van der Waals surface area contributed by atoms with Crippen LogP contribution in [-0.4, -0.2) is 9.97 Å². The van der Waals surface area contributed by atoms with E-state index in [2.05, 4.69) is 16.9 Å². The van der Waals surface area contributed by atoms with Crippen LogP contribution in [0.2, 0.25) is 0 Å². The molecule has 2 N–H and O–H groups in total. The SMILES string of the molecule is Cc1nc(C(N)c2cncs2)sc1C. The van der Waals surface area contributed by atoms with Gasteiger partial charge >= 0.3 is 0 Å². The maximum Gasteiger partial charge on any atom is 0.115 e. The third-order valence-electron chi connectivity index (χ3n) is 2.07. The van der Waals surface area contributed by atoms with E-state index in [0.717, 1.165) is 15.6 Å². The zero-order chi connectivity index (χ0) is 10.1. The van der Waals surface area contributed by atoms with Gasteiger partial charge in [0.25, 0.3) is 0 Å². The Morgan fingerprint density at radius 2 is 2.21 bits per heavy atom. The Morgan fingerprint density at radius 1 is 1.43 bits per heavy atom. The summed E-state index contributed by atoms with van der Waals surface area (Å²) in [6.07, 6.45) is 1.81. The van der Waals surface area contributed by atoms with Crippen LogP contribution >= 0.6 is 22.7 Å². The van der Waals surface area contributed by atoms with Crippen molar-refractivity contribution in [2.24, 2.45) is 5.73 Å². The molecule has 0 aromatic carbocycles. The molecule has 2 aromatic rings. The van der Waals surface area contributed by atoms with Gasteiger partial charge in [-0.15, -0.1) is 22.7 Å². The normalized spacial score (nSPS) is 13.1. The molecule has 0 bridgehead atoms. The van der Waals surface area contributed by atoms with Gasteiger partial charge in [0.2, 0.25) is 0 Å². The van der Waals surface area contributed by atoms with Crippen LogP contribution in [-0.2, 0) is 0 Å². The van der Waals surface area contributed by atoms with Crippen LogP contribution in [0, 0.1) is 13.8 Å². The van der Waals surface area contributed by atoms with Crippen molar-refractivity contribution in [3.8, 4) is 0 Å². The van der Waals surface area contributed by atoms with E-state index >= 15 is 0 Å². The molecule has 0 aliphatic rings. The largest absolute Gasteiger partial charge is 0.318 e. The minimum Gasteiger partial charge on any atom is -0.318 e. The molecule has 14 heavy (non-hydrogen) atoms. The van der Waals surface area contributed by atoms with Crippen molar-refractivity contribution in [3.05, 3.63) is 32.2 Å². The van der Waals surface area contributed by atoms with E-state index in [9.17, 15) is 0 Å². The molecular formula is C9H11N3S2. The second-order valence-corrected chi connectivity index (χ2v) is 5.23. The molecule has 3 nitrogen and oxygen atoms in total. The highest BCUT2D eigenvalue weighted by atomic mass is 32.1. The van der Waals surface area contributed by atoms with Gasteiger partial charge in [-0.1, -0.05) is 0 Å². The third kappa shape index (κ3) is 1.70. The van der Waals surface area contributed by atoms with Crippen LogP contribution in [0.25, 0.3) is 0 Å². The van der Waals surface area contributed by atoms with E-state index in [-0.39, 0.29) is 6.04 Å². The van der Waals surface area contributed by atoms with Crippen molar-refractivity contribution in [1.29, 1.82) is 0 Å². The molecule has 0 aliphatic carbocycles. The minimum absolute atomic E-state index is 0.111. The number of nitrogens with zero attached hydrogens (tertiary/aromatic N) is 2. The first kappa shape index (κ1) is 9.76. The molecule has 74 valence electrons. The Labute approximate surface area is 90.6 Å². The Bertz CT molecular complexity index is 400. The van der Waals surface area contributed by atoms with Crippen LogP contribution in [0.5, 0.6) is 0 Å².